The van der Waals surface area contributed by atoms with Crippen LogP contribution in [0.3, 0.4) is 0 Å². The van der Waals surface area contributed by atoms with Gasteiger partial charge in [-0.1, -0.05) is 49.2 Å². The van der Waals surface area contributed by atoms with Crippen LogP contribution in [0.4, 0.5) is 0 Å². The van der Waals surface area contributed by atoms with Crippen LogP contribution in [0, 0.1) is 5.41 Å². The summed E-state index contributed by atoms with van der Waals surface area (Å²) in [6.07, 6.45) is 6.38. The lowest BCUT2D eigenvalue weighted by molar-refractivity contribution is 0.0851. The Morgan fingerprint density at radius 1 is 1.33 bits per heavy atom. The van der Waals surface area contributed by atoms with Crippen LogP contribution >= 0.6 is 11.6 Å². The summed E-state index contributed by atoms with van der Waals surface area (Å²) in [5.41, 5.74) is 0.909. The third-order valence-corrected chi connectivity index (χ3v) is 5.08. The number of amides is 1. The number of carbonyl (C=O) groups excluding carboxylic acids is 1. The van der Waals surface area contributed by atoms with Crippen LogP contribution in [-0.2, 0) is 0 Å². The largest absolute Gasteiger partial charge is 0.351 e. The summed E-state index contributed by atoms with van der Waals surface area (Å²) in [6, 6.07) is 7.62. The Hall–Kier alpha value is -1.61. The first-order valence-corrected chi connectivity index (χ1v) is 7.84. The molecular formula is C17H19ClN2O. The molecule has 1 aliphatic carbocycles. The fourth-order valence-corrected chi connectivity index (χ4v) is 3.25. The maximum absolute atomic E-state index is 12.5. The van der Waals surface area contributed by atoms with Gasteiger partial charge in [0.25, 0.3) is 5.91 Å². The summed E-state index contributed by atoms with van der Waals surface area (Å²) in [4.78, 5) is 16.6. The number of hydrogen-bond acceptors (Lipinski definition) is 2. The summed E-state index contributed by atoms with van der Waals surface area (Å²) in [5.74, 6) is -0.0601. The van der Waals surface area contributed by atoms with Gasteiger partial charge in [0.15, 0.2) is 0 Å². The van der Waals surface area contributed by atoms with Gasteiger partial charge >= 0.3 is 0 Å². The Morgan fingerprint density at radius 3 is 2.67 bits per heavy atom. The highest BCUT2D eigenvalue weighted by atomic mass is 35.5. The summed E-state index contributed by atoms with van der Waals surface area (Å²) in [5, 5.41) is 5.19. The average molecular weight is 303 g/mol. The molecule has 1 aromatic heterocycles. The highest BCUT2D eigenvalue weighted by Gasteiger charge is 2.35. The maximum Gasteiger partial charge on any atom is 0.253 e. The number of rotatable bonds is 4. The summed E-state index contributed by atoms with van der Waals surface area (Å²) in [7, 11) is 0. The minimum Gasteiger partial charge on any atom is -0.351 e. The van der Waals surface area contributed by atoms with Crippen LogP contribution in [-0.4, -0.2) is 17.4 Å². The third kappa shape index (κ3) is 2.62. The fraction of sp³-hybridized carbons (Fsp3) is 0.412. The van der Waals surface area contributed by atoms with E-state index < -0.39 is 0 Å². The van der Waals surface area contributed by atoms with Gasteiger partial charge in [0.1, 0.15) is 5.15 Å². The van der Waals surface area contributed by atoms with Crippen molar-refractivity contribution in [2.45, 2.75) is 32.6 Å². The second-order valence-electron chi connectivity index (χ2n) is 5.90. The number of fused-ring (bicyclic) bond motifs is 1. The Bertz CT molecular complexity index is 674. The fourth-order valence-electron chi connectivity index (χ4n) is 3.03. The van der Waals surface area contributed by atoms with Crippen molar-refractivity contribution in [2.75, 3.05) is 6.54 Å². The minimum atomic E-state index is -0.0601. The standard InChI is InChI=1S/C17H19ClN2O/c1-2-17(8-5-9-17)11-20-16(21)14-10-19-15(18)13-7-4-3-6-12(13)14/h3-4,6-7,10H,2,5,8-9,11H2,1H3,(H,20,21). The molecule has 2 aromatic rings. The van der Waals surface area contributed by atoms with Crippen LogP contribution < -0.4 is 5.32 Å². The van der Waals surface area contributed by atoms with Gasteiger partial charge in [-0.3, -0.25) is 4.79 Å². The SMILES string of the molecule is CCC1(CNC(=O)c2cnc(Cl)c3ccccc23)CCC1. The normalized spacial score (nSPS) is 16.5. The third-order valence-electron chi connectivity index (χ3n) is 4.78. The highest BCUT2D eigenvalue weighted by Crippen LogP contribution is 2.43. The number of hydrogen-bond donors (Lipinski definition) is 1. The molecule has 1 N–H and O–H groups in total. The number of nitrogens with zero attached hydrogens (tertiary/aromatic N) is 1. The topological polar surface area (TPSA) is 42.0 Å². The van der Waals surface area contributed by atoms with E-state index in [1.165, 1.54) is 19.3 Å². The number of halogens is 1. The molecule has 4 heteroatoms. The Kier molecular flexibility index (Phi) is 3.85. The first kappa shape index (κ1) is 14.3. The van der Waals surface area contributed by atoms with E-state index in [2.05, 4.69) is 17.2 Å². The van der Waals surface area contributed by atoms with Gasteiger partial charge in [0.05, 0.1) is 5.56 Å². The Balaban J connectivity index is 1.83. The summed E-state index contributed by atoms with van der Waals surface area (Å²) >= 11 is 6.09. The van der Waals surface area contributed by atoms with E-state index in [0.29, 0.717) is 16.1 Å². The molecule has 1 aliphatic rings. The molecule has 0 unspecified atom stereocenters. The van der Waals surface area contributed by atoms with Gasteiger partial charge in [0.2, 0.25) is 0 Å². The van der Waals surface area contributed by atoms with Crippen molar-refractivity contribution < 1.29 is 4.79 Å². The highest BCUT2D eigenvalue weighted by molar-refractivity contribution is 6.34. The van der Waals surface area contributed by atoms with Gasteiger partial charge in [0, 0.05) is 18.1 Å². The second-order valence-corrected chi connectivity index (χ2v) is 6.26. The molecule has 0 aliphatic heterocycles. The molecule has 0 bridgehead atoms. The zero-order valence-corrected chi connectivity index (χ0v) is 12.9. The van der Waals surface area contributed by atoms with Crippen molar-refractivity contribution >= 4 is 28.3 Å². The smallest absolute Gasteiger partial charge is 0.253 e. The minimum absolute atomic E-state index is 0.0601. The van der Waals surface area contributed by atoms with Gasteiger partial charge < -0.3 is 5.32 Å². The number of aromatic nitrogens is 1. The van der Waals surface area contributed by atoms with Crippen molar-refractivity contribution in [3.63, 3.8) is 0 Å². The average Bonchev–Trinajstić information content (AvgIpc) is 2.47. The number of pyridine rings is 1. The van der Waals surface area contributed by atoms with Gasteiger partial charge in [-0.15, -0.1) is 0 Å². The van der Waals surface area contributed by atoms with E-state index in [9.17, 15) is 4.79 Å². The first-order valence-electron chi connectivity index (χ1n) is 7.47. The van der Waals surface area contributed by atoms with Gasteiger partial charge in [-0.25, -0.2) is 4.98 Å². The predicted molar refractivity (Wildman–Crippen MR) is 85.7 cm³/mol. The van der Waals surface area contributed by atoms with Crippen molar-refractivity contribution in [3.05, 3.63) is 41.2 Å². The molecule has 1 fully saturated rings. The van der Waals surface area contributed by atoms with Crippen LogP contribution in [0.2, 0.25) is 5.15 Å². The van der Waals surface area contributed by atoms with E-state index in [1.807, 2.05) is 24.3 Å². The Labute approximate surface area is 129 Å². The van der Waals surface area contributed by atoms with E-state index in [-0.39, 0.29) is 5.91 Å². The zero-order chi connectivity index (χ0) is 14.9. The van der Waals surface area contributed by atoms with E-state index in [4.69, 9.17) is 11.6 Å². The summed E-state index contributed by atoms with van der Waals surface area (Å²) < 4.78 is 0. The van der Waals surface area contributed by atoms with Crippen molar-refractivity contribution in [3.8, 4) is 0 Å². The molecule has 3 nitrogen and oxygen atoms in total. The molecule has 1 aromatic carbocycles. The monoisotopic (exact) mass is 302 g/mol. The molecule has 0 radical (unpaired) electrons. The van der Waals surface area contributed by atoms with Crippen LogP contribution in [0.15, 0.2) is 30.5 Å². The molecular weight excluding hydrogens is 284 g/mol. The van der Waals surface area contributed by atoms with Crippen molar-refractivity contribution in [2.24, 2.45) is 5.41 Å². The number of benzene rings is 1. The zero-order valence-electron chi connectivity index (χ0n) is 12.2. The molecule has 110 valence electrons. The molecule has 0 atom stereocenters. The lowest BCUT2D eigenvalue weighted by Gasteiger charge is -2.41. The Morgan fingerprint density at radius 2 is 2.05 bits per heavy atom. The second kappa shape index (κ2) is 5.64. The molecule has 21 heavy (non-hydrogen) atoms. The number of carbonyl (C=O) groups is 1. The van der Waals surface area contributed by atoms with Gasteiger partial charge in [-0.2, -0.15) is 0 Å². The molecule has 1 amide bonds. The van der Waals surface area contributed by atoms with Crippen molar-refractivity contribution in [1.82, 2.24) is 10.3 Å². The lowest BCUT2D eigenvalue weighted by atomic mass is 9.67. The van der Waals surface area contributed by atoms with Crippen LogP contribution in [0.25, 0.3) is 10.8 Å². The lowest BCUT2D eigenvalue weighted by Crippen LogP contribution is -2.41. The number of nitrogens with one attached hydrogen (secondary N) is 1. The molecule has 0 saturated heterocycles. The quantitative estimate of drug-likeness (QED) is 0.860. The van der Waals surface area contributed by atoms with Crippen molar-refractivity contribution in [1.29, 1.82) is 0 Å². The first-order chi connectivity index (χ1) is 10.2. The van der Waals surface area contributed by atoms with E-state index in [1.54, 1.807) is 6.20 Å². The predicted octanol–water partition coefficient (Wildman–Crippen LogP) is 4.20. The van der Waals surface area contributed by atoms with Crippen LogP contribution in [0.5, 0.6) is 0 Å². The molecule has 0 spiro atoms. The molecule has 1 saturated carbocycles. The van der Waals surface area contributed by atoms with E-state index in [0.717, 1.165) is 23.7 Å². The maximum atomic E-state index is 12.5. The molecule has 1 heterocycles. The van der Waals surface area contributed by atoms with E-state index >= 15 is 0 Å². The summed E-state index contributed by atoms with van der Waals surface area (Å²) in [6.45, 7) is 2.95. The van der Waals surface area contributed by atoms with Crippen LogP contribution in [0.1, 0.15) is 43.0 Å². The van der Waals surface area contributed by atoms with Gasteiger partial charge in [-0.05, 0) is 30.1 Å². The molecule has 3 rings (SSSR count).